The smallest absolute Gasteiger partial charge is 0.340 e. The van der Waals surface area contributed by atoms with Crippen LogP contribution in [0.5, 0.6) is 0 Å². The van der Waals surface area contributed by atoms with Crippen LogP contribution in [0.2, 0.25) is 10.0 Å². The van der Waals surface area contributed by atoms with E-state index < -0.39 is 11.9 Å². The Morgan fingerprint density at radius 1 is 1.26 bits per heavy atom. The van der Waals surface area contributed by atoms with E-state index in [1.807, 2.05) is 6.07 Å². The van der Waals surface area contributed by atoms with Gasteiger partial charge in [0.05, 0.1) is 34.5 Å². The standard InChI is InChI=1S/C24H24Cl2N2O3/c1-4-31-23(30)15-6-5-7-17-21(15)28-22(14-9-8-13(25)10-16(14)26)20-18(27-17)11-24(2,3)12-19(20)29/h5-10,18,20,27H,4,11-12H2,1-3H3. The number of fused-ring (bicyclic) bond motifs is 2. The number of rotatable bonds is 3. The molecule has 1 aliphatic carbocycles. The maximum atomic E-state index is 13.3. The molecule has 0 aromatic heterocycles. The molecular weight excluding hydrogens is 435 g/mol. The highest BCUT2D eigenvalue weighted by Gasteiger charge is 2.45. The second kappa shape index (κ2) is 8.29. The quantitative estimate of drug-likeness (QED) is 0.564. The molecule has 1 N–H and O–H groups in total. The third kappa shape index (κ3) is 4.21. The molecule has 0 bridgehead atoms. The molecule has 2 aromatic carbocycles. The van der Waals surface area contributed by atoms with Crippen LogP contribution in [0.3, 0.4) is 0 Å². The summed E-state index contributed by atoms with van der Waals surface area (Å²) >= 11 is 12.7. The van der Waals surface area contributed by atoms with Crippen LogP contribution in [-0.2, 0) is 9.53 Å². The highest BCUT2D eigenvalue weighted by Crippen LogP contribution is 2.44. The van der Waals surface area contributed by atoms with Gasteiger partial charge in [-0.3, -0.25) is 4.79 Å². The number of anilines is 1. The van der Waals surface area contributed by atoms with E-state index in [1.165, 1.54) is 0 Å². The number of carbonyl (C=O) groups is 2. The van der Waals surface area contributed by atoms with Crippen LogP contribution in [0.4, 0.5) is 11.4 Å². The fourth-order valence-electron chi connectivity index (χ4n) is 4.54. The maximum Gasteiger partial charge on any atom is 0.340 e. The van der Waals surface area contributed by atoms with Crippen molar-refractivity contribution in [2.45, 2.75) is 39.7 Å². The van der Waals surface area contributed by atoms with Crippen molar-refractivity contribution < 1.29 is 14.3 Å². The van der Waals surface area contributed by atoms with Gasteiger partial charge in [-0.1, -0.05) is 49.2 Å². The maximum absolute atomic E-state index is 13.3. The normalized spacial score (nSPS) is 21.8. The largest absolute Gasteiger partial charge is 0.462 e. The molecule has 0 saturated heterocycles. The molecule has 0 spiro atoms. The number of nitrogens with one attached hydrogen (secondary N) is 1. The zero-order chi connectivity index (χ0) is 22.3. The van der Waals surface area contributed by atoms with Gasteiger partial charge in [0.1, 0.15) is 11.5 Å². The lowest BCUT2D eigenvalue weighted by Crippen LogP contribution is -2.48. The number of aliphatic imine (C=N–C) groups is 1. The fourth-order valence-corrected chi connectivity index (χ4v) is 5.04. The van der Waals surface area contributed by atoms with E-state index in [2.05, 4.69) is 19.2 Å². The number of Topliss-reactive ketones (excluding diaryl/α,β-unsaturated/α-hetero) is 1. The number of benzene rings is 2. The Morgan fingerprint density at radius 3 is 2.74 bits per heavy atom. The number of ether oxygens (including phenoxy) is 1. The Kier molecular flexibility index (Phi) is 5.84. The van der Waals surface area contributed by atoms with Crippen LogP contribution in [-0.4, -0.2) is 30.1 Å². The molecule has 1 fully saturated rings. The van der Waals surface area contributed by atoms with Crippen LogP contribution in [0.15, 0.2) is 41.4 Å². The first-order valence-corrected chi connectivity index (χ1v) is 11.1. The number of hydrogen-bond donors (Lipinski definition) is 1. The molecule has 2 unspecified atom stereocenters. The highest BCUT2D eigenvalue weighted by atomic mass is 35.5. The lowest BCUT2D eigenvalue weighted by Gasteiger charge is -2.40. The number of hydrogen-bond acceptors (Lipinski definition) is 5. The highest BCUT2D eigenvalue weighted by molar-refractivity contribution is 6.38. The third-order valence-corrected chi connectivity index (χ3v) is 6.33. The monoisotopic (exact) mass is 458 g/mol. The van der Waals surface area contributed by atoms with Crippen molar-refractivity contribution >= 4 is 52.0 Å². The van der Waals surface area contributed by atoms with Crippen molar-refractivity contribution in [3.05, 3.63) is 57.6 Å². The molecule has 5 nitrogen and oxygen atoms in total. The molecule has 1 aliphatic heterocycles. The Balaban J connectivity index is 1.95. The number of esters is 1. The van der Waals surface area contributed by atoms with Gasteiger partial charge in [-0.15, -0.1) is 0 Å². The minimum absolute atomic E-state index is 0.101. The molecule has 2 atom stereocenters. The van der Waals surface area contributed by atoms with Gasteiger partial charge >= 0.3 is 5.97 Å². The van der Waals surface area contributed by atoms with Gasteiger partial charge in [0.15, 0.2) is 0 Å². The van der Waals surface area contributed by atoms with E-state index in [4.69, 9.17) is 32.9 Å². The molecule has 1 saturated carbocycles. The molecule has 7 heteroatoms. The van der Waals surface area contributed by atoms with Crippen LogP contribution >= 0.6 is 23.2 Å². The zero-order valence-corrected chi connectivity index (χ0v) is 19.2. The average molecular weight is 459 g/mol. The molecule has 31 heavy (non-hydrogen) atoms. The van der Waals surface area contributed by atoms with E-state index >= 15 is 0 Å². The van der Waals surface area contributed by atoms with E-state index in [0.29, 0.717) is 44.7 Å². The topological polar surface area (TPSA) is 67.8 Å². The van der Waals surface area contributed by atoms with E-state index in [0.717, 1.165) is 6.42 Å². The lowest BCUT2D eigenvalue weighted by atomic mass is 9.67. The van der Waals surface area contributed by atoms with E-state index in [9.17, 15) is 9.59 Å². The van der Waals surface area contributed by atoms with Crippen LogP contribution in [0, 0.1) is 11.3 Å². The Labute approximate surface area is 191 Å². The molecule has 2 aliphatic rings. The van der Waals surface area contributed by atoms with Crippen LogP contribution < -0.4 is 5.32 Å². The van der Waals surface area contributed by atoms with Gasteiger partial charge < -0.3 is 10.1 Å². The molecule has 0 radical (unpaired) electrons. The minimum Gasteiger partial charge on any atom is -0.462 e. The van der Waals surface area contributed by atoms with E-state index in [1.54, 1.807) is 37.3 Å². The summed E-state index contributed by atoms with van der Waals surface area (Å²) in [6.07, 6.45) is 1.22. The summed E-state index contributed by atoms with van der Waals surface area (Å²) in [6.45, 7) is 6.20. The number of ketones is 1. The average Bonchev–Trinajstić information content (AvgIpc) is 2.83. The van der Waals surface area contributed by atoms with Crippen molar-refractivity contribution in [3.8, 4) is 0 Å². The second-order valence-electron chi connectivity index (χ2n) is 8.78. The van der Waals surface area contributed by atoms with Crippen molar-refractivity contribution in [2.75, 3.05) is 11.9 Å². The van der Waals surface area contributed by atoms with Gasteiger partial charge in [-0.25, -0.2) is 9.79 Å². The SMILES string of the molecule is CCOC(=O)c1cccc2c1N=C(c1ccc(Cl)cc1Cl)C1C(=O)CC(C)(C)CC1N2. The number of para-hydroxylation sites is 1. The van der Waals surface area contributed by atoms with Crippen molar-refractivity contribution in [1.82, 2.24) is 0 Å². The molecule has 162 valence electrons. The predicted molar refractivity (Wildman–Crippen MR) is 124 cm³/mol. The van der Waals surface area contributed by atoms with Gasteiger partial charge in [-0.05, 0) is 43.0 Å². The molecule has 4 rings (SSSR count). The van der Waals surface area contributed by atoms with Crippen molar-refractivity contribution in [2.24, 2.45) is 16.3 Å². The Morgan fingerprint density at radius 2 is 2.03 bits per heavy atom. The molecule has 0 amide bonds. The lowest BCUT2D eigenvalue weighted by molar-refractivity contribution is -0.125. The summed E-state index contributed by atoms with van der Waals surface area (Å²) in [4.78, 5) is 30.9. The first kappa shape index (κ1) is 21.8. The number of nitrogens with zero attached hydrogens (tertiary/aromatic N) is 1. The summed E-state index contributed by atoms with van der Waals surface area (Å²) < 4.78 is 5.24. The molecular formula is C24H24Cl2N2O3. The molecule has 2 aromatic rings. The third-order valence-electron chi connectivity index (χ3n) is 5.78. The summed E-state index contributed by atoms with van der Waals surface area (Å²) in [5.74, 6) is -0.846. The Hall–Kier alpha value is -2.37. The fraction of sp³-hybridized carbons (Fsp3) is 0.375. The minimum atomic E-state index is -0.492. The summed E-state index contributed by atoms with van der Waals surface area (Å²) in [5, 5.41) is 4.42. The summed E-state index contributed by atoms with van der Waals surface area (Å²) in [6, 6.07) is 10.3. The van der Waals surface area contributed by atoms with Gasteiger partial charge in [0.25, 0.3) is 0 Å². The first-order chi connectivity index (χ1) is 14.7. The zero-order valence-electron chi connectivity index (χ0n) is 17.7. The molecule has 1 heterocycles. The van der Waals surface area contributed by atoms with Crippen LogP contribution in [0.1, 0.15) is 49.5 Å². The second-order valence-corrected chi connectivity index (χ2v) is 9.63. The number of halogens is 2. The number of carbonyl (C=O) groups excluding carboxylic acids is 2. The van der Waals surface area contributed by atoms with Gasteiger partial charge in [-0.2, -0.15) is 0 Å². The van der Waals surface area contributed by atoms with Gasteiger partial charge in [0, 0.05) is 23.0 Å². The van der Waals surface area contributed by atoms with E-state index in [-0.39, 0.29) is 23.8 Å². The van der Waals surface area contributed by atoms with Crippen LogP contribution in [0.25, 0.3) is 0 Å². The van der Waals surface area contributed by atoms with Crippen molar-refractivity contribution in [3.63, 3.8) is 0 Å². The van der Waals surface area contributed by atoms with Gasteiger partial charge in [0.2, 0.25) is 0 Å². The van der Waals surface area contributed by atoms with Crippen molar-refractivity contribution in [1.29, 1.82) is 0 Å². The summed E-state index contributed by atoms with van der Waals surface area (Å²) in [7, 11) is 0. The predicted octanol–water partition coefficient (Wildman–Crippen LogP) is 6.09. The first-order valence-electron chi connectivity index (χ1n) is 10.3. The Bertz CT molecular complexity index is 1090. The summed E-state index contributed by atoms with van der Waals surface area (Å²) in [5.41, 5.74) is 2.55.